The highest BCUT2D eigenvalue weighted by atomic mass is 32.2. The molecule has 28 heavy (non-hydrogen) atoms. The summed E-state index contributed by atoms with van der Waals surface area (Å²) in [5.41, 5.74) is 1.70. The molecule has 146 valence electrons. The Bertz CT molecular complexity index is 980. The molecule has 6 nitrogen and oxygen atoms in total. The van der Waals surface area contributed by atoms with Crippen molar-refractivity contribution >= 4 is 35.1 Å². The quantitative estimate of drug-likeness (QED) is 0.419. The van der Waals surface area contributed by atoms with Crippen LogP contribution < -0.4 is 5.32 Å². The second kappa shape index (κ2) is 9.16. The van der Waals surface area contributed by atoms with Gasteiger partial charge in [0.25, 0.3) is 0 Å². The molecule has 0 aliphatic heterocycles. The molecule has 1 N–H and O–H groups in total. The fraction of sp³-hybridized carbons (Fsp3) is 0.250. The number of aromatic nitrogens is 3. The first kappa shape index (κ1) is 20.3. The van der Waals surface area contributed by atoms with Gasteiger partial charge in [0.15, 0.2) is 11.0 Å². The molecular weight excluding hydrogens is 392 g/mol. The van der Waals surface area contributed by atoms with E-state index in [1.54, 1.807) is 24.1 Å². The molecular formula is C20H22N4O2S2. The minimum atomic E-state index is -0.346. The normalized spacial score (nSPS) is 12.0. The van der Waals surface area contributed by atoms with Gasteiger partial charge in [-0.25, -0.2) is 0 Å². The summed E-state index contributed by atoms with van der Waals surface area (Å²) >= 11 is 2.96. The Balaban J connectivity index is 1.79. The maximum Gasteiger partial charge on any atom is 0.237 e. The van der Waals surface area contributed by atoms with Crippen molar-refractivity contribution in [2.45, 2.75) is 35.7 Å². The molecule has 1 aromatic carbocycles. The molecule has 0 fully saturated rings. The van der Waals surface area contributed by atoms with Gasteiger partial charge in [-0.1, -0.05) is 30.0 Å². The van der Waals surface area contributed by atoms with Gasteiger partial charge in [-0.05, 0) is 38.3 Å². The van der Waals surface area contributed by atoms with Crippen LogP contribution in [-0.2, 0) is 11.3 Å². The number of rotatable bonds is 8. The number of nitrogens with one attached hydrogen (secondary N) is 1. The SMILES string of the molecule is C=CCn1c(SC(C)C(=O)Nc2ccccc2SC)nnc1-c1ccoc1C. The molecule has 2 heterocycles. The van der Waals surface area contributed by atoms with Crippen LogP contribution in [0.1, 0.15) is 12.7 Å². The number of amides is 1. The van der Waals surface area contributed by atoms with Gasteiger partial charge in [0.2, 0.25) is 5.91 Å². The van der Waals surface area contributed by atoms with Crippen molar-refractivity contribution in [1.29, 1.82) is 0 Å². The summed E-state index contributed by atoms with van der Waals surface area (Å²) in [6, 6.07) is 9.62. The molecule has 3 rings (SSSR count). The van der Waals surface area contributed by atoms with Gasteiger partial charge in [-0.2, -0.15) is 0 Å². The summed E-state index contributed by atoms with van der Waals surface area (Å²) in [4.78, 5) is 13.7. The highest BCUT2D eigenvalue weighted by Crippen LogP contribution is 2.30. The standard InChI is InChI=1S/C20H22N4O2S2/c1-5-11-24-18(15-10-12-26-13(15)2)22-23-20(24)28-14(3)19(25)21-16-8-6-7-9-17(16)27-4/h5-10,12,14H,1,11H2,2-4H3,(H,21,25). The lowest BCUT2D eigenvalue weighted by atomic mass is 10.2. The zero-order valence-electron chi connectivity index (χ0n) is 16.0. The summed E-state index contributed by atoms with van der Waals surface area (Å²) in [5, 5.41) is 11.9. The molecule has 0 spiro atoms. The summed E-state index contributed by atoms with van der Waals surface area (Å²) in [5.74, 6) is 1.39. The molecule has 3 aromatic rings. The second-order valence-corrected chi connectivity index (χ2v) is 8.20. The average molecular weight is 415 g/mol. The van der Waals surface area contributed by atoms with E-state index >= 15 is 0 Å². The van der Waals surface area contributed by atoms with Crippen molar-refractivity contribution in [2.24, 2.45) is 0 Å². The van der Waals surface area contributed by atoms with E-state index in [1.807, 2.05) is 55.0 Å². The zero-order chi connectivity index (χ0) is 20.1. The predicted octanol–water partition coefficient (Wildman–Crippen LogP) is 4.87. The van der Waals surface area contributed by atoms with Crippen LogP contribution in [0, 0.1) is 6.92 Å². The van der Waals surface area contributed by atoms with E-state index in [2.05, 4.69) is 22.1 Å². The maximum absolute atomic E-state index is 12.7. The van der Waals surface area contributed by atoms with Gasteiger partial charge in [-0.15, -0.1) is 28.5 Å². The predicted molar refractivity (Wildman–Crippen MR) is 115 cm³/mol. The Hall–Kier alpha value is -2.45. The van der Waals surface area contributed by atoms with E-state index in [4.69, 9.17) is 4.42 Å². The van der Waals surface area contributed by atoms with E-state index in [-0.39, 0.29) is 11.2 Å². The molecule has 8 heteroatoms. The van der Waals surface area contributed by atoms with Crippen molar-refractivity contribution in [3.05, 3.63) is 55.0 Å². The third-order valence-corrected chi connectivity index (χ3v) is 6.02. The van der Waals surface area contributed by atoms with Gasteiger partial charge < -0.3 is 9.73 Å². The first-order chi connectivity index (χ1) is 13.5. The lowest BCUT2D eigenvalue weighted by Gasteiger charge is -2.14. The fourth-order valence-electron chi connectivity index (χ4n) is 2.68. The summed E-state index contributed by atoms with van der Waals surface area (Å²) in [6.45, 7) is 8.10. The van der Waals surface area contributed by atoms with E-state index in [9.17, 15) is 4.79 Å². The third-order valence-electron chi connectivity index (χ3n) is 4.14. The minimum absolute atomic E-state index is 0.0827. The van der Waals surface area contributed by atoms with E-state index < -0.39 is 0 Å². The third kappa shape index (κ3) is 4.34. The van der Waals surface area contributed by atoms with Crippen molar-refractivity contribution in [3.8, 4) is 11.4 Å². The number of hydrogen-bond acceptors (Lipinski definition) is 6. The molecule has 1 unspecified atom stereocenters. The Labute approximate surface area is 172 Å². The number of carbonyl (C=O) groups excluding carboxylic acids is 1. The van der Waals surface area contributed by atoms with Crippen LogP contribution in [0.3, 0.4) is 0 Å². The van der Waals surface area contributed by atoms with Crippen LogP contribution in [0.5, 0.6) is 0 Å². The number of aryl methyl sites for hydroxylation is 1. The highest BCUT2D eigenvalue weighted by molar-refractivity contribution is 8.00. The largest absolute Gasteiger partial charge is 0.469 e. The van der Waals surface area contributed by atoms with Gasteiger partial charge >= 0.3 is 0 Å². The topological polar surface area (TPSA) is 73.0 Å². The van der Waals surface area contributed by atoms with Crippen LogP contribution >= 0.6 is 23.5 Å². The summed E-state index contributed by atoms with van der Waals surface area (Å²) < 4.78 is 7.33. The van der Waals surface area contributed by atoms with E-state index in [1.165, 1.54) is 11.8 Å². The molecule has 0 saturated carbocycles. The molecule has 0 bridgehead atoms. The van der Waals surface area contributed by atoms with Crippen LogP contribution in [-0.4, -0.2) is 32.2 Å². The number of furan rings is 1. The van der Waals surface area contributed by atoms with Crippen LogP contribution in [0.15, 0.2) is 63.7 Å². The van der Waals surface area contributed by atoms with Crippen LogP contribution in [0.25, 0.3) is 11.4 Å². The molecule has 0 saturated heterocycles. The number of thioether (sulfide) groups is 2. The average Bonchev–Trinajstić information content (AvgIpc) is 3.28. The van der Waals surface area contributed by atoms with Crippen LogP contribution in [0.2, 0.25) is 0 Å². The number of benzene rings is 1. The van der Waals surface area contributed by atoms with E-state index in [0.717, 1.165) is 21.9 Å². The van der Waals surface area contributed by atoms with Crippen molar-refractivity contribution in [2.75, 3.05) is 11.6 Å². The lowest BCUT2D eigenvalue weighted by molar-refractivity contribution is -0.115. The lowest BCUT2D eigenvalue weighted by Crippen LogP contribution is -2.23. The summed E-state index contributed by atoms with van der Waals surface area (Å²) in [6.07, 6.45) is 5.40. The smallest absolute Gasteiger partial charge is 0.237 e. The highest BCUT2D eigenvalue weighted by Gasteiger charge is 2.22. The first-order valence-electron chi connectivity index (χ1n) is 8.74. The number of para-hydroxylation sites is 1. The Morgan fingerprint density at radius 1 is 1.36 bits per heavy atom. The summed E-state index contributed by atoms with van der Waals surface area (Å²) in [7, 11) is 0. The van der Waals surface area contributed by atoms with E-state index in [0.29, 0.717) is 17.5 Å². The Morgan fingerprint density at radius 3 is 2.82 bits per heavy atom. The van der Waals surface area contributed by atoms with Gasteiger partial charge in [0.1, 0.15) is 5.76 Å². The second-order valence-electron chi connectivity index (χ2n) is 6.05. The molecule has 1 amide bonds. The van der Waals surface area contributed by atoms with Crippen molar-refractivity contribution < 1.29 is 9.21 Å². The number of hydrogen-bond donors (Lipinski definition) is 1. The molecule has 1 atom stereocenters. The maximum atomic E-state index is 12.7. The van der Waals surface area contributed by atoms with Gasteiger partial charge in [-0.3, -0.25) is 9.36 Å². The van der Waals surface area contributed by atoms with Crippen LogP contribution in [0.4, 0.5) is 5.69 Å². The van der Waals surface area contributed by atoms with Gasteiger partial charge in [0, 0.05) is 11.4 Å². The number of allylic oxidation sites excluding steroid dienone is 1. The monoisotopic (exact) mass is 414 g/mol. The fourth-order valence-corrected chi connectivity index (χ4v) is 4.09. The molecule has 2 aromatic heterocycles. The molecule has 0 radical (unpaired) electrons. The van der Waals surface area contributed by atoms with Crippen molar-refractivity contribution in [1.82, 2.24) is 14.8 Å². The number of anilines is 1. The first-order valence-corrected chi connectivity index (χ1v) is 10.8. The van der Waals surface area contributed by atoms with Crippen molar-refractivity contribution in [3.63, 3.8) is 0 Å². The number of nitrogens with zero attached hydrogens (tertiary/aromatic N) is 3. The molecule has 0 aliphatic carbocycles. The minimum Gasteiger partial charge on any atom is -0.469 e. The van der Waals surface area contributed by atoms with Gasteiger partial charge in [0.05, 0.1) is 22.8 Å². The Kier molecular flexibility index (Phi) is 6.64. The number of carbonyl (C=O) groups is 1. The zero-order valence-corrected chi connectivity index (χ0v) is 17.6. The Morgan fingerprint density at radius 2 is 2.14 bits per heavy atom. The molecule has 0 aliphatic rings.